The van der Waals surface area contributed by atoms with E-state index in [9.17, 15) is 23.2 Å². The summed E-state index contributed by atoms with van der Waals surface area (Å²) in [5.41, 5.74) is 3.51. The van der Waals surface area contributed by atoms with Crippen LogP contribution < -0.4 is 15.5 Å². The topological polar surface area (TPSA) is 78.5 Å². The van der Waals surface area contributed by atoms with Crippen molar-refractivity contribution < 1.29 is 23.2 Å². The summed E-state index contributed by atoms with van der Waals surface area (Å²) in [6.45, 7) is 1.15. The molecule has 8 heteroatoms. The van der Waals surface area contributed by atoms with Gasteiger partial charge in [-0.15, -0.1) is 0 Å². The lowest BCUT2D eigenvalue weighted by Gasteiger charge is -2.24. The fraction of sp³-hybridized carbons (Fsp3) is 0.276. The molecule has 2 unspecified atom stereocenters. The molecule has 6 nitrogen and oxygen atoms in total. The third-order valence-corrected chi connectivity index (χ3v) is 7.34. The van der Waals surface area contributed by atoms with E-state index >= 15 is 0 Å². The molecule has 190 valence electrons. The maximum Gasteiger partial charge on any atom is 0.260 e. The number of para-hydroxylation sites is 1. The molecule has 3 aromatic carbocycles. The van der Waals surface area contributed by atoms with Gasteiger partial charge in [-0.25, -0.2) is 8.78 Å². The van der Waals surface area contributed by atoms with E-state index in [0.717, 1.165) is 11.1 Å². The highest BCUT2D eigenvalue weighted by molar-refractivity contribution is 6.07. The molecular weight excluding hydrogens is 476 g/mol. The van der Waals surface area contributed by atoms with Crippen LogP contribution in [-0.4, -0.2) is 37.2 Å². The first-order valence-electron chi connectivity index (χ1n) is 12.2. The molecule has 1 aliphatic heterocycles. The fourth-order valence-electron chi connectivity index (χ4n) is 5.08. The number of amides is 3. The zero-order valence-corrected chi connectivity index (χ0v) is 20.4. The molecule has 0 saturated heterocycles. The smallest absolute Gasteiger partial charge is 0.260 e. The second-order valence-corrected chi connectivity index (χ2v) is 9.58. The van der Waals surface area contributed by atoms with Crippen molar-refractivity contribution in [2.75, 3.05) is 18.5 Å². The van der Waals surface area contributed by atoms with Crippen molar-refractivity contribution in [1.82, 2.24) is 10.6 Å². The quantitative estimate of drug-likeness (QED) is 0.493. The molecular formula is C29H27F2N3O3. The van der Waals surface area contributed by atoms with Gasteiger partial charge in [0.25, 0.3) is 11.8 Å². The number of carbonyl (C=O) groups is 3. The highest BCUT2D eigenvalue weighted by atomic mass is 19.3. The zero-order chi connectivity index (χ0) is 26.3. The van der Waals surface area contributed by atoms with Gasteiger partial charge in [0, 0.05) is 19.2 Å². The number of nitrogens with one attached hydrogen (secondary N) is 2. The Hall–Kier alpha value is -4.07. The first kappa shape index (κ1) is 24.6. The van der Waals surface area contributed by atoms with Crippen molar-refractivity contribution in [3.8, 4) is 11.1 Å². The van der Waals surface area contributed by atoms with Gasteiger partial charge in [-0.2, -0.15) is 0 Å². The number of halogens is 2. The van der Waals surface area contributed by atoms with E-state index in [1.54, 1.807) is 49.5 Å². The minimum Gasteiger partial charge on any atom is -0.355 e. The molecule has 2 N–H and O–H groups in total. The number of rotatable bonds is 6. The molecule has 2 aliphatic rings. The Morgan fingerprint density at radius 1 is 0.919 bits per heavy atom. The van der Waals surface area contributed by atoms with Crippen molar-refractivity contribution in [3.63, 3.8) is 0 Å². The second kappa shape index (κ2) is 9.42. The number of alkyl halides is 2. The van der Waals surface area contributed by atoms with E-state index in [1.165, 1.54) is 11.8 Å². The van der Waals surface area contributed by atoms with Crippen LogP contribution in [-0.2, 0) is 14.4 Å². The van der Waals surface area contributed by atoms with E-state index in [2.05, 4.69) is 10.6 Å². The van der Waals surface area contributed by atoms with Crippen molar-refractivity contribution in [1.29, 1.82) is 0 Å². The monoisotopic (exact) mass is 503 g/mol. The highest BCUT2D eigenvalue weighted by Crippen LogP contribution is 2.61. The number of fused-ring (bicyclic) bond motifs is 3. The van der Waals surface area contributed by atoms with Crippen LogP contribution in [0.4, 0.5) is 14.5 Å². The molecule has 4 atom stereocenters. The average molecular weight is 504 g/mol. The van der Waals surface area contributed by atoms with Crippen LogP contribution >= 0.6 is 0 Å². The van der Waals surface area contributed by atoms with Crippen molar-refractivity contribution in [2.45, 2.75) is 24.8 Å². The van der Waals surface area contributed by atoms with Crippen LogP contribution in [0.2, 0.25) is 0 Å². The van der Waals surface area contributed by atoms with Crippen LogP contribution in [0.3, 0.4) is 0 Å². The molecule has 1 aliphatic carbocycles. The van der Waals surface area contributed by atoms with Gasteiger partial charge in [0.15, 0.2) is 0 Å². The number of hydrogen-bond donors (Lipinski definition) is 2. The van der Waals surface area contributed by atoms with E-state index < -0.39 is 41.5 Å². The summed E-state index contributed by atoms with van der Waals surface area (Å²) in [6, 6.07) is 22.2. The van der Waals surface area contributed by atoms with Gasteiger partial charge < -0.3 is 15.5 Å². The molecule has 0 bridgehead atoms. The molecule has 37 heavy (non-hydrogen) atoms. The molecule has 3 aromatic rings. The maximum atomic E-state index is 14.4. The van der Waals surface area contributed by atoms with Gasteiger partial charge in [0.05, 0.1) is 17.5 Å². The third kappa shape index (κ3) is 4.37. The van der Waals surface area contributed by atoms with E-state index in [0.29, 0.717) is 16.8 Å². The molecule has 1 heterocycles. The predicted octanol–water partition coefficient (Wildman–Crippen LogP) is 4.29. The Kier molecular flexibility index (Phi) is 6.27. The van der Waals surface area contributed by atoms with Crippen LogP contribution in [0, 0.1) is 11.8 Å². The van der Waals surface area contributed by atoms with E-state index in [-0.39, 0.29) is 12.5 Å². The number of carbonyl (C=O) groups excluding carboxylic acids is 3. The van der Waals surface area contributed by atoms with Gasteiger partial charge in [0.1, 0.15) is 12.0 Å². The van der Waals surface area contributed by atoms with Gasteiger partial charge in [-0.05, 0) is 29.7 Å². The summed E-state index contributed by atoms with van der Waals surface area (Å²) in [4.78, 5) is 40.7. The SMILES string of the molecule is CC(C(=O)NC[C@@H]1[C@@H](c2ccccc2)C1(F)F)C(=O)NC1C(=O)N(C)c2ccccc2-c2ccccc21. The van der Waals surface area contributed by atoms with Crippen LogP contribution in [0.25, 0.3) is 11.1 Å². The molecule has 0 aromatic heterocycles. The minimum atomic E-state index is -2.92. The number of likely N-dealkylation sites (N-methyl/N-ethyl adjacent to an activating group) is 1. The zero-order valence-electron chi connectivity index (χ0n) is 20.4. The molecule has 5 rings (SSSR count). The summed E-state index contributed by atoms with van der Waals surface area (Å²) in [6.07, 6.45) is 0. The number of anilines is 1. The minimum absolute atomic E-state index is 0.244. The van der Waals surface area contributed by atoms with Gasteiger partial charge >= 0.3 is 0 Å². The number of nitrogens with zero attached hydrogens (tertiary/aromatic N) is 1. The average Bonchev–Trinajstić information content (AvgIpc) is 3.50. The summed E-state index contributed by atoms with van der Waals surface area (Å²) < 4.78 is 28.7. The standard InChI is InChI=1S/C29H27F2N3O3/c1-17(26(35)32-16-22-24(29(22,30)31)18-10-4-3-5-11-18)27(36)33-25-21-14-7-6-12-19(21)20-13-8-9-15-23(20)34(2)28(25)37/h3-15,17,22,24-25H,16H2,1-2H3,(H,32,35)(H,33,36)/t17?,22-,24-,25?/m1/s1. The molecule has 3 amide bonds. The van der Waals surface area contributed by atoms with Crippen LogP contribution in [0.1, 0.15) is 30.0 Å². The van der Waals surface area contributed by atoms with Crippen molar-refractivity contribution in [3.05, 3.63) is 90.0 Å². The van der Waals surface area contributed by atoms with Gasteiger partial charge in [-0.1, -0.05) is 72.8 Å². The van der Waals surface area contributed by atoms with E-state index in [4.69, 9.17) is 0 Å². The first-order valence-corrected chi connectivity index (χ1v) is 12.2. The van der Waals surface area contributed by atoms with Gasteiger partial charge in [0.2, 0.25) is 11.8 Å². The van der Waals surface area contributed by atoms with Crippen LogP contribution in [0.5, 0.6) is 0 Å². The normalized spacial score (nSPS) is 22.2. The summed E-state index contributed by atoms with van der Waals surface area (Å²) in [5.74, 6) is -7.77. The first-order chi connectivity index (χ1) is 17.7. The molecule has 0 radical (unpaired) electrons. The number of benzene rings is 3. The Bertz CT molecular complexity index is 1360. The predicted molar refractivity (Wildman–Crippen MR) is 136 cm³/mol. The fourth-order valence-corrected chi connectivity index (χ4v) is 5.08. The van der Waals surface area contributed by atoms with Crippen molar-refractivity contribution in [2.24, 2.45) is 11.8 Å². The Balaban J connectivity index is 1.28. The lowest BCUT2D eigenvalue weighted by molar-refractivity contribution is -0.136. The Morgan fingerprint density at radius 2 is 1.54 bits per heavy atom. The molecule has 1 saturated carbocycles. The van der Waals surface area contributed by atoms with Crippen molar-refractivity contribution >= 4 is 23.4 Å². The van der Waals surface area contributed by atoms with Crippen LogP contribution in [0.15, 0.2) is 78.9 Å². The van der Waals surface area contributed by atoms with E-state index in [1.807, 2.05) is 36.4 Å². The maximum absolute atomic E-state index is 14.4. The second-order valence-electron chi connectivity index (χ2n) is 9.58. The number of hydrogen-bond acceptors (Lipinski definition) is 3. The molecule has 0 spiro atoms. The lowest BCUT2D eigenvalue weighted by atomic mass is 9.95. The Morgan fingerprint density at radius 3 is 2.27 bits per heavy atom. The van der Waals surface area contributed by atoms with Gasteiger partial charge in [-0.3, -0.25) is 14.4 Å². The summed E-state index contributed by atoms with van der Waals surface area (Å²) in [5, 5.41) is 5.23. The summed E-state index contributed by atoms with van der Waals surface area (Å²) >= 11 is 0. The lowest BCUT2D eigenvalue weighted by Crippen LogP contribution is -2.46. The summed E-state index contributed by atoms with van der Waals surface area (Å²) in [7, 11) is 1.64. The molecule has 1 fully saturated rings. The Labute approximate surface area is 213 Å². The largest absolute Gasteiger partial charge is 0.355 e. The highest BCUT2D eigenvalue weighted by Gasteiger charge is 2.68. The third-order valence-electron chi connectivity index (χ3n) is 7.34.